The van der Waals surface area contributed by atoms with Crippen molar-refractivity contribution < 1.29 is 4.79 Å². The van der Waals surface area contributed by atoms with Gasteiger partial charge < -0.3 is 4.98 Å². The number of hydrogen-bond acceptors (Lipinski definition) is 4. The first kappa shape index (κ1) is 10.2. The number of imidazole rings is 2. The summed E-state index contributed by atoms with van der Waals surface area (Å²) in [7, 11) is 0. The van der Waals surface area contributed by atoms with Crippen LogP contribution in [0.5, 0.6) is 0 Å². The van der Waals surface area contributed by atoms with Gasteiger partial charge in [-0.1, -0.05) is 0 Å². The first-order chi connectivity index (χ1) is 8.19. The third-order valence-corrected chi connectivity index (χ3v) is 3.64. The highest BCUT2D eigenvalue weighted by molar-refractivity contribution is 7.13. The van der Waals surface area contributed by atoms with Gasteiger partial charge in [-0.05, 0) is 13.8 Å². The van der Waals surface area contributed by atoms with Gasteiger partial charge in [-0.3, -0.25) is 9.20 Å². The van der Waals surface area contributed by atoms with Crippen LogP contribution in [0, 0.1) is 13.8 Å². The molecule has 3 heterocycles. The molecule has 3 aromatic heterocycles. The van der Waals surface area contributed by atoms with E-state index in [1.807, 2.05) is 29.8 Å². The van der Waals surface area contributed by atoms with Crippen molar-refractivity contribution in [1.29, 1.82) is 0 Å². The molecule has 6 heteroatoms. The Bertz CT molecular complexity index is 706. The number of aromatic nitrogens is 4. The Morgan fingerprint density at radius 2 is 2.24 bits per heavy atom. The van der Waals surface area contributed by atoms with E-state index < -0.39 is 0 Å². The number of fused-ring (bicyclic) bond motifs is 1. The van der Waals surface area contributed by atoms with E-state index >= 15 is 0 Å². The molecule has 0 saturated heterocycles. The van der Waals surface area contributed by atoms with E-state index in [0.29, 0.717) is 11.5 Å². The van der Waals surface area contributed by atoms with Crippen molar-refractivity contribution in [2.45, 2.75) is 13.8 Å². The first-order valence-electron chi connectivity index (χ1n) is 5.14. The quantitative estimate of drug-likeness (QED) is 0.705. The van der Waals surface area contributed by atoms with Crippen LogP contribution in [0.1, 0.15) is 21.9 Å². The van der Waals surface area contributed by atoms with Gasteiger partial charge in [0.2, 0.25) is 5.78 Å². The van der Waals surface area contributed by atoms with E-state index in [0.717, 1.165) is 28.4 Å². The lowest BCUT2D eigenvalue weighted by Gasteiger charge is -1.89. The molecule has 0 spiro atoms. The minimum absolute atomic E-state index is 0.564. The molecule has 0 fully saturated rings. The predicted molar refractivity (Wildman–Crippen MR) is 65.5 cm³/mol. The molecule has 17 heavy (non-hydrogen) atoms. The zero-order chi connectivity index (χ0) is 12.0. The van der Waals surface area contributed by atoms with E-state index in [1.165, 1.54) is 0 Å². The molecule has 1 N–H and O–H groups in total. The summed E-state index contributed by atoms with van der Waals surface area (Å²) >= 11 is 1.57. The van der Waals surface area contributed by atoms with E-state index in [1.54, 1.807) is 11.3 Å². The van der Waals surface area contributed by atoms with Crippen LogP contribution in [0.25, 0.3) is 16.5 Å². The molecule has 0 aliphatic rings. The average Bonchev–Trinajstić information content (AvgIpc) is 2.95. The van der Waals surface area contributed by atoms with Crippen LogP contribution in [-0.4, -0.2) is 25.6 Å². The minimum atomic E-state index is 0.564. The number of H-pyrrole nitrogens is 1. The summed E-state index contributed by atoms with van der Waals surface area (Å²) in [6.45, 7) is 3.84. The number of carbonyl (C=O) groups is 1. The van der Waals surface area contributed by atoms with Crippen molar-refractivity contribution in [2.24, 2.45) is 0 Å². The average molecular weight is 246 g/mol. The molecule has 3 aromatic rings. The van der Waals surface area contributed by atoms with Crippen molar-refractivity contribution in [3.8, 4) is 10.7 Å². The molecule has 0 aliphatic carbocycles. The van der Waals surface area contributed by atoms with E-state index in [2.05, 4.69) is 15.0 Å². The maximum Gasteiger partial charge on any atom is 0.212 e. The van der Waals surface area contributed by atoms with Crippen molar-refractivity contribution in [2.75, 3.05) is 0 Å². The normalized spacial score (nSPS) is 11.2. The predicted octanol–water partition coefficient (Wildman–Crippen LogP) is 2.22. The molecular weight excluding hydrogens is 236 g/mol. The van der Waals surface area contributed by atoms with Gasteiger partial charge in [0, 0.05) is 23.0 Å². The number of thiazole rings is 1. The molecular formula is C11H10N4OS. The molecule has 0 radical (unpaired) electrons. The fourth-order valence-corrected chi connectivity index (χ4v) is 2.50. The van der Waals surface area contributed by atoms with Gasteiger partial charge in [0.15, 0.2) is 6.29 Å². The van der Waals surface area contributed by atoms with Gasteiger partial charge in [0.25, 0.3) is 0 Å². The zero-order valence-electron chi connectivity index (χ0n) is 9.39. The third kappa shape index (κ3) is 1.49. The van der Waals surface area contributed by atoms with Gasteiger partial charge in [0.05, 0.1) is 0 Å². The van der Waals surface area contributed by atoms with Crippen LogP contribution in [-0.2, 0) is 0 Å². The Labute approximate surface area is 101 Å². The SMILES string of the molecule is Cc1csc(-c2cn3c(C)c(C=O)[nH]c3n2)n1. The van der Waals surface area contributed by atoms with Crippen LogP contribution in [0.3, 0.4) is 0 Å². The number of rotatable bonds is 2. The molecule has 0 unspecified atom stereocenters. The Hall–Kier alpha value is -1.95. The van der Waals surface area contributed by atoms with Crippen molar-refractivity contribution in [1.82, 2.24) is 19.4 Å². The summed E-state index contributed by atoms with van der Waals surface area (Å²) in [4.78, 5) is 22.6. The molecule has 3 rings (SSSR count). The lowest BCUT2D eigenvalue weighted by atomic mass is 10.4. The second-order valence-corrected chi connectivity index (χ2v) is 4.71. The largest absolute Gasteiger partial charge is 0.321 e. The van der Waals surface area contributed by atoms with E-state index in [9.17, 15) is 4.79 Å². The number of aldehydes is 1. The van der Waals surface area contributed by atoms with E-state index in [-0.39, 0.29) is 0 Å². The number of carbonyl (C=O) groups excluding carboxylic acids is 1. The molecule has 0 amide bonds. The van der Waals surface area contributed by atoms with Crippen molar-refractivity contribution >= 4 is 23.4 Å². The highest BCUT2D eigenvalue weighted by Crippen LogP contribution is 2.23. The second kappa shape index (κ2) is 3.53. The van der Waals surface area contributed by atoms with Gasteiger partial charge in [0.1, 0.15) is 16.4 Å². The number of nitrogens with zero attached hydrogens (tertiary/aromatic N) is 3. The van der Waals surface area contributed by atoms with Crippen molar-refractivity contribution in [3.63, 3.8) is 0 Å². The standard InChI is InChI=1S/C11H10N4OS/c1-6-5-17-10(12-6)8-3-15-7(2)9(4-16)14-11(15)13-8/h3-5H,1-2H3,(H,13,14). The molecule has 86 valence electrons. The fourth-order valence-electron chi connectivity index (χ4n) is 1.75. The topological polar surface area (TPSA) is 63.0 Å². The monoisotopic (exact) mass is 246 g/mol. The minimum Gasteiger partial charge on any atom is -0.321 e. The lowest BCUT2D eigenvalue weighted by Crippen LogP contribution is -1.86. The van der Waals surface area contributed by atoms with Gasteiger partial charge in [-0.15, -0.1) is 11.3 Å². The summed E-state index contributed by atoms with van der Waals surface area (Å²) in [6, 6.07) is 0. The second-order valence-electron chi connectivity index (χ2n) is 3.86. The Morgan fingerprint density at radius 3 is 2.82 bits per heavy atom. The number of nitrogens with one attached hydrogen (secondary N) is 1. The van der Waals surface area contributed by atoms with Gasteiger partial charge in [-0.25, -0.2) is 9.97 Å². The van der Waals surface area contributed by atoms with Crippen LogP contribution in [0.2, 0.25) is 0 Å². The lowest BCUT2D eigenvalue weighted by molar-refractivity contribution is 0.111. The number of aryl methyl sites for hydroxylation is 2. The Morgan fingerprint density at radius 1 is 1.41 bits per heavy atom. The smallest absolute Gasteiger partial charge is 0.212 e. The Kier molecular flexibility index (Phi) is 2.12. The maximum absolute atomic E-state index is 10.8. The molecule has 0 aliphatic heterocycles. The van der Waals surface area contributed by atoms with Crippen molar-refractivity contribution in [3.05, 3.63) is 28.7 Å². The summed E-state index contributed by atoms with van der Waals surface area (Å²) < 4.78 is 1.87. The Balaban J connectivity index is 2.18. The molecule has 0 aromatic carbocycles. The highest BCUT2D eigenvalue weighted by Gasteiger charge is 2.12. The summed E-state index contributed by atoms with van der Waals surface area (Å²) in [6.07, 6.45) is 2.70. The molecule has 0 saturated carbocycles. The van der Waals surface area contributed by atoms with Gasteiger partial charge >= 0.3 is 0 Å². The van der Waals surface area contributed by atoms with Crippen LogP contribution in [0.15, 0.2) is 11.6 Å². The fraction of sp³-hybridized carbons (Fsp3) is 0.182. The van der Waals surface area contributed by atoms with Crippen LogP contribution in [0.4, 0.5) is 0 Å². The van der Waals surface area contributed by atoms with Crippen LogP contribution >= 0.6 is 11.3 Å². The maximum atomic E-state index is 10.8. The molecule has 0 atom stereocenters. The molecule has 0 bridgehead atoms. The van der Waals surface area contributed by atoms with Crippen LogP contribution < -0.4 is 0 Å². The highest BCUT2D eigenvalue weighted by atomic mass is 32.1. The number of hydrogen-bond donors (Lipinski definition) is 1. The van der Waals surface area contributed by atoms with E-state index in [4.69, 9.17) is 0 Å². The first-order valence-corrected chi connectivity index (χ1v) is 6.02. The summed E-state index contributed by atoms with van der Waals surface area (Å²) in [5.41, 5.74) is 3.25. The third-order valence-electron chi connectivity index (χ3n) is 2.66. The number of aromatic amines is 1. The summed E-state index contributed by atoms with van der Waals surface area (Å²) in [5, 5.41) is 2.89. The molecule has 5 nitrogen and oxygen atoms in total. The van der Waals surface area contributed by atoms with Gasteiger partial charge in [-0.2, -0.15) is 0 Å². The summed E-state index contributed by atoms with van der Waals surface area (Å²) in [5.74, 6) is 0.674. The zero-order valence-corrected chi connectivity index (χ0v) is 10.2.